The van der Waals surface area contributed by atoms with Gasteiger partial charge in [-0.05, 0) is 6.07 Å². The van der Waals surface area contributed by atoms with Crippen LogP contribution in [-0.2, 0) is 9.47 Å². The molecule has 0 aliphatic carbocycles. The zero-order valence-electron chi connectivity index (χ0n) is 9.10. The lowest BCUT2D eigenvalue weighted by Gasteiger charge is -2.14. The minimum Gasteiger partial charge on any atom is -0.496 e. The molecule has 0 atom stereocenters. The molecule has 0 amide bonds. The first-order valence-electron chi connectivity index (χ1n) is 4.97. The molecule has 1 saturated heterocycles. The maximum atomic E-state index is 13.4. The van der Waals surface area contributed by atoms with Gasteiger partial charge in [0.2, 0.25) is 0 Å². The van der Waals surface area contributed by atoms with Crippen LogP contribution >= 0.6 is 0 Å². The van der Waals surface area contributed by atoms with Gasteiger partial charge in [0.25, 0.3) is 0 Å². The molecular formula is C11H11FO5. The number of carboxylic acid groups (broad SMARTS) is 1. The average Bonchev–Trinajstić information content (AvgIpc) is 2.81. The Bertz CT molecular complexity index is 440. The van der Waals surface area contributed by atoms with Gasteiger partial charge in [-0.25, -0.2) is 9.18 Å². The Hall–Kier alpha value is -1.66. The van der Waals surface area contributed by atoms with Crippen LogP contribution in [0.3, 0.4) is 0 Å². The van der Waals surface area contributed by atoms with Crippen LogP contribution in [0.2, 0.25) is 0 Å². The van der Waals surface area contributed by atoms with Gasteiger partial charge in [-0.15, -0.1) is 0 Å². The first kappa shape index (κ1) is 11.8. The molecule has 0 aromatic heterocycles. The van der Waals surface area contributed by atoms with Crippen molar-refractivity contribution in [2.24, 2.45) is 0 Å². The molecular weight excluding hydrogens is 231 g/mol. The molecule has 5 nitrogen and oxygen atoms in total. The van der Waals surface area contributed by atoms with Crippen molar-refractivity contribution in [3.8, 4) is 5.75 Å². The smallest absolute Gasteiger partial charge is 0.338 e. The lowest BCUT2D eigenvalue weighted by molar-refractivity contribution is -0.0455. The number of carbonyl (C=O) groups is 1. The van der Waals surface area contributed by atoms with Crippen molar-refractivity contribution in [3.63, 3.8) is 0 Å². The van der Waals surface area contributed by atoms with Crippen molar-refractivity contribution in [2.75, 3.05) is 20.3 Å². The summed E-state index contributed by atoms with van der Waals surface area (Å²) in [7, 11) is 1.37. The fourth-order valence-electron chi connectivity index (χ4n) is 1.63. The Morgan fingerprint density at radius 2 is 2.12 bits per heavy atom. The molecule has 0 bridgehead atoms. The first-order valence-corrected chi connectivity index (χ1v) is 4.97. The minimum atomic E-state index is -1.34. The normalized spacial score (nSPS) is 16.1. The van der Waals surface area contributed by atoms with Gasteiger partial charge in [-0.2, -0.15) is 0 Å². The van der Waals surface area contributed by atoms with E-state index in [4.69, 9.17) is 19.3 Å². The predicted molar refractivity (Wildman–Crippen MR) is 54.6 cm³/mol. The van der Waals surface area contributed by atoms with E-state index in [0.717, 1.165) is 6.07 Å². The average molecular weight is 242 g/mol. The topological polar surface area (TPSA) is 65.0 Å². The second kappa shape index (κ2) is 4.68. The van der Waals surface area contributed by atoms with Crippen LogP contribution in [-0.4, -0.2) is 31.4 Å². The van der Waals surface area contributed by atoms with Gasteiger partial charge in [-0.3, -0.25) is 0 Å². The third-order valence-electron chi connectivity index (χ3n) is 2.43. The molecule has 2 rings (SSSR count). The number of benzene rings is 1. The molecule has 0 unspecified atom stereocenters. The van der Waals surface area contributed by atoms with E-state index in [-0.39, 0.29) is 5.75 Å². The molecule has 6 heteroatoms. The van der Waals surface area contributed by atoms with Gasteiger partial charge < -0.3 is 19.3 Å². The van der Waals surface area contributed by atoms with Gasteiger partial charge in [0.05, 0.1) is 31.5 Å². The summed E-state index contributed by atoms with van der Waals surface area (Å²) in [4.78, 5) is 10.8. The zero-order chi connectivity index (χ0) is 12.4. The van der Waals surface area contributed by atoms with Crippen molar-refractivity contribution in [2.45, 2.75) is 6.29 Å². The van der Waals surface area contributed by atoms with E-state index in [1.54, 1.807) is 0 Å². The number of hydrogen-bond donors (Lipinski definition) is 1. The van der Waals surface area contributed by atoms with Gasteiger partial charge in [0.15, 0.2) is 6.29 Å². The van der Waals surface area contributed by atoms with E-state index in [1.165, 1.54) is 13.2 Å². The summed E-state index contributed by atoms with van der Waals surface area (Å²) in [6.07, 6.45) is -0.705. The SMILES string of the molecule is COc1cc(F)c(C(=O)O)cc1C1OCCO1. The van der Waals surface area contributed by atoms with Gasteiger partial charge in [0.1, 0.15) is 11.6 Å². The van der Waals surface area contributed by atoms with Crippen LogP contribution in [0.25, 0.3) is 0 Å². The van der Waals surface area contributed by atoms with Crippen LogP contribution < -0.4 is 4.74 Å². The first-order chi connectivity index (χ1) is 8.13. The Kier molecular flexibility index (Phi) is 3.26. The fraction of sp³-hybridized carbons (Fsp3) is 0.364. The maximum absolute atomic E-state index is 13.4. The van der Waals surface area contributed by atoms with Crippen LogP contribution in [0, 0.1) is 5.82 Å². The molecule has 1 aromatic rings. The second-order valence-electron chi connectivity index (χ2n) is 3.45. The summed E-state index contributed by atoms with van der Waals surface area (Å²) in [5, 5.41) is 8.83. The molecule has 0 radical (unpaired) electrons. The standard InChI is InChI=1S/C11H11FO5/c1-15-9-5-8(12)6(10(13)14)4-7(9)11-16-2-3-17-11/h4-5,11H,2-3H2,1H3,(H,13,14). The Labute approximate surface area is 96.7 Å². The highest BCUT2D eigenvalue weighted by molar-refractivity contribution is 5.88. The van der Waals surface area contributed by atoms with Gasteiger partial charge in [0, 0.05) is 6.07 Å². The monoisotopic (exact) mass is 242 g/mol. The van der Waals surface area contributed by atoms with E-state index in [2.05, 4.69) is 0 Å². The number of hydrogen-bond acceptors (Lipinski definition) is 4. The zero-order valence-corrected chi connectivity index (χ0v) is 9.10. The molecule has 17 heavy (non-hydrogen) atoms. The summed E-state index contributed by atoms with van der Waals surface area (Å²) in [6, 6.07) is 2.19. The highest BCUT2D eigenvalue weighted by Gasteiger charge is 2.25. The van der Waals surface area contributed by atoms with E-state index in [0.29, 0.717) is 18.8 Å². The number of halogens is 1. The molecule has 1 N–H and O–H groups in total. The maximum Gasteiger partial charge on any atom is 0.338 e. The molecule has 0 spiro atoms. The Morgan fingerprint density at radius 1 is 1.47 bits per heavy atom. The molecule has 1 aliphatic heterocycles. The largest absolute Gasteiger partial charge is 0.496 e. The Morgan fingerprint density at radius 3 is 2.65 bits per heavy atom. The summed E-state index contributed by atoms with van der Waals surface area (Å²) in [5.74, 6) is -1.99. The summed E-state index contributed by atoms with van der Waals surface area (Å²) in [6.45, 7) is 0.821. The van der Waals surface area contributed by atoms with Crippen LogP contribution in [0.1, 0.15) is 22.2 Å². The van der Waals surface area contributed by atoms with E-state index in [1.807, 2.05) is 0 Å². The summed E-state index contributed by atoms with van der Waals surface area (Å²) < 4.78 is 28.9. The van der Waals surface area contributed by atoms with Gasteiger partial charge in [-0.1, -0.05) is 0 Å². The minimum absolute atomic E-state index is 0.208. The van der Waals surface area contributed by atoms with E-state index >= 15 is 0 Å². The third-order valence-corrected chi connectivity index (χ3v) is 2.43. The lowest BCUT2D eigenvalue weighted by atomic mass is 10.1. The van der Waals surface area contributed by atoms with Gasteiger partial charge >= 0.3 is 5.97 Å². The number of rotatable bonds is 3. The number of aromatic carboxylic acids is 1. The number of carboxylic acids is 1. The van der Waals surface area contributed by atoms with Crippen LogP contribution in [0.15, 0.2) is 12.1 Å². The van der Waals surface area contributed by atoms with Crippen molar-refractivity contribution in [3.05, 3.63) is 29.1 Å². The predicted octanol–water partition coefficient (Wildman–Crippen LogP) is 1.58. The highest BCUT2D eigenvalue weighted by atomic mass is 19.1. The molecule has 1 heterocycles. The van der Waals surface area contributed by atoms with Crippen LogP contribution in [0.5, 0.6) is 5.75 Å². The molecule has 92 valence electrons. The third kappa shape index (κ3) is 2.22. The molecule has 1 fully saturated rings. The van der Waals surface area contributed by atoms with Crippen molar-refractivity contribution >= 4 is 5.97 Å². The summed E-state index contributed by atoms with van der Waals surface area (Å²) in [5.41, 5.74) is -0.0521. The summed E-state index contributed by atoms with van der Waals surface area (Å²) >= 11 is 0. The molecule has 1 aliphatic rings. The quantitative estimate of drug-likeness (QED) is 0.871. The van der Waals surface area contributed by atoms with Crippen molar-refractivity contribution in [1.29, 1.82) is 0 Å². The Balaban J connectivity index is 2.47. The van der Waals surface area contributed by atoms with Crippen molar-refractivity contribution in [1.82, 2.24) is 0 Å². The van der Waals surface area contributed by atoms with Crippen LogP contribution in [0.4, 0.5) is 4.39 Å². The highest BCUT2D eigenvalue weighted by Crippen LogP contribution is 2.33. The van der Waals surface area contributed by atoms with E-state index in [9.17, 15) is 9.18 Å². The molecule has 0 saturated carbocycles. The number of ether oxygens (including phenoxy) is 3. The van der Waals surface area contributed by atoms with E-state index < -0.39 is 23.6 Å². The number of methoxy groups -OCH3 is 1. The fourth-order valence-corrected chi connectivity index (χ4v) is 1.63. The second-order valence-corrected chi connectivity index (χ2v) is 3.45. The van der Waals surface area contributed by atoms with Crippen molar-refractivity contribution < 1.29 is 28.5 Å². The molecule has 1 aromatic carbocycles. The lowest BCUT2D eigenvalue weighted by Crippen LogP contribution is -2.07.